The molecule has 1 N–H and O–H groups in total. The van der Waals surface area contributed by atoms with Crippen LogP contribution in [0, 0.1) is 13.8 Å². The molecule has 0 aliphatic carbocycles. The normalized spacial score (nSPS) is 11.8. The number of ether oxygens (including phenoxy) is 1. The quantitative estimate of drug-likeness (QED) is 0.565. The summed E-state index contributed by atoms with van der Waals surface area (Å²) < 4.78 is 11.9. The molecule has 0 aliphatic rings. The van der Waals surface area contributed by atoms with Crippen LogP contribution in [0.1, 0.15) is 29.8 Å². The third-order valence-electron chi connectivity index (χ3n) is 4.11. The molecule has 3 rings (SSSR count). The maximum absolute atomic E-state index is 12.4. The molecule has 0 aliphatic heterocycles. The highest BCUT2D eigenvalue weighted by atomic mass is 79.9. The van der Waals surface area contributed by atoms with Crippen molar-refractivity contribution in [2.45, 2.75) is 26.9 Å². The summed E-state index contributed by atoms with van der Waals surface area (Å²) in [7, 11) is 0. The Morgan fingerprint density at radius 1 is 1.15 bits per heavy atom. The molecule has 1 heterocycles. The molecule has 0 unspecified atom stereocenters. The monoisotopic (exact) mass is 414 g/mol. The van der Waals surface area contributed by atoms with E-state index >= 15 is 0 Å². The lowest BCUT2D eigenvalue weighted by atomic mass is 10.1. The number of aryl methyl sites for hydroxylation is 2. The van der Waals surface area contributed by atoms with Crippen LogP contribution in [0.2, 0.25) is 0 Å². The van der Waals surface area contributed by atoms with Gasteiger partial charge >= 0.3 is 6.09 Å². The minimum absolute atomic E-state index is 0.368. The zero-order chi connectivity index (χ0) is 18.7. The smallest absolute Gasteiger partial charge is 0.412 e. The third-order valence-corrected chi connectivity index (χ3v) is 4.64. The maximum atomic E-state index is 12.4. The Morgan fingerprint density at radius 3 is 2.54 bits per heavy atom. The average molecular weight is 415 g/mol. The summed E-state index contributed by atoms with van der Waals surface area (Å²) in [6.45, 7) is 5.60. The van der Waals surface area contributed by atoms with Gasteiger partial charge < -0.3 is 9.26 Å². The molecule has 2 aromatic carbocycles. The third kappa shape index (κ3) is 3.96. The highest BCUT2D eigenvalue weighted by Gasteiger charge is 2.20. The van der Waals surface area contributed by atoms with Crippen molar-refractivity contribution in [1.82, 2.24) is 5.16 Å². The standard InChI is InChI=1S/C20H19BrN2O3/c1-12-6-4-5-7-17(12)14(3)25-20(24)22-18-13(2)23-26-19(18)15-8-10-16(21)11-9-15/h4-11,14H,1-3H3,(H,22,24)/t14-/m1/s1. The number of carbonyl (C=O) groups is 1. The SMILES string of the molecule is Cc1ccccc1[C@@H](C)OC(=O)Nc1c(C)noc1-c1ccc(Br)cc1. The zero-order valence-electron chi connectivity index (χ0n) is 14.7. The van der Waals surface area contributed by atoms with Crippen LogP contribution in [0.25, 0.3) is 11.3 Å². The highest BCUT2D eigenvalue weighted by Crippen LogP contribution is 2.32. The van der Waals surface area contributed by atoms with Gasteiger partial charge in [0.2, 0.25) is 0 Å². The lowest BCUT2D eigenvalue weighted by Crippen LogP contribution is -2.17. The van der Waals surface area contributed by atoms with E-state index in [4.69, 9.17) is 9.26 Å². The number of benzene rings is 2. The van der Waals surface area contributed by atoms with Gasteiger partial charge in [-0.15, -0.1) is 0 Å². The van der Waals surface area contributed by atoms with Crippen LogP contribution >= 0.6 is 15.9 Å². The molecule has 6 heteroatoms. The van der Waals surface area contributed by atoms with Gasteiger partial charge in [0.15, 0.2) is 5.76 Å². The summed E-state index contributed by atoms with van der Waals surface area (Å²) in [6.07, 6.45) is -0.919. The lowest BCUT2D eigenvalue weighted by Gasteiger charge is -2.16. The van der Waals surface area contributed by atoms with Crippen LogP contribution in [0.5, 0.6) is 0 Å². The van der Waals surface area contributed by atoms with Crippen LogP contribution in [-0.4, -0.2) is 11.2 Å². The van der Waals surface area contributed by atoms with E-state index in [-0.39, 0.29) is 6.10 Å². The van der Waals surface area contributed by atoms with Crippen molar-refractivity contribution in [2.24, 2.45) is 0 Å². The van der Waals surface area contributed by atoms with Gasteiger partial charge in [0.05, 0.1) is 0 Å². The Hall–Kier alpha value is -2.60. The van der Waals surface area contributed by atoms with Crippen molar-refractivity contribution < 1.29 is 14.1 Å². The predicted molar refractivity (Wildman–Crippen MR) is 104 cm³/mol. The molecule has 134 valence electrons. The minimum Gasteiger partial charge on any atom is -0.441 e. The molecule has 26 heavy (non-hydrogen) atoms. The summed E-state index contributed by atoms with van der Waals surface area (Å²) in [4.78, 5) is 12.4. The van der Waals surface area contributed by atoms with Gasteiger partial charge in [0, 0.05) is 10.0 Å². The van der Waals surface area contributed by atoms with Gasteiger partial charge in [-0.25, -0.2) is 4.79 Å². The molecule has 0 spiro atoms. The number of anilines is 1. The number of halogens is 1. The van der Waals surface area contributed by atoms with Crippen molar-refractivity contribution in [3.63, 3.8) is 0 Å². The Bertz CT molecular complexity index is 919. The Balaban J connectivity index is 1.77. The first-order valence-corrected chi connectivity index (χ1v) is 9.00. The molecular weight excluding hydrogens is 396 g/mol. The van der Waals surface area contributed by atoms with Crippen molar-refractivity contribution >= 4 is 27.7 Å². The molecule has 1 amide bonds. The van der Waals surface area contributed by atoms with Gasteiger partial charge in [0.1, 0.15) is 17.5 Å². The van der Waals surface area contributed by atoms with E-state index in [2.05, 4.69) is 26.4 Å². The number of hydrogen-bond acceptors (Lipinski definition) is 4. The van der Waals surface area contributed by atoms with Crippen molar-refractivity contribution in [1.29, 1.82) is 0 Å². The highest BCUT2D eigenvalue weighted by molar-refractivity contribution is 9.10. The number of nitrogens with zero attached hydrogens (tertiary/aromatic N) is 1. The number of aromatic nitrogens is 1. The second kappa shape index (κ2) is 7.74. The van der Waals surface area contributed by atoms with Gasteiger partial charge in [0.25, 0.3) is 0 Å². The van der Waals surface area contributed by atoms with Crippen LogP contribution in [0.4, 0.5) is 10.5 Å². The fraction of sp³-hybridized carbons (Fsp3) is 0.200. The molecule has 1 aromatic heterocycles. The van der Waals surface area contributed by atoms with Crippen LogP contribution in [-0.2, 0) is 4.74 Å². The first-order chi connectivity index (χ1) is 12.5. The van der Waals surface area contributed by atoms with E-state index in [1.165, 1.54) is 0 Å². The predicted octanol–water partition coefficient (Wildman–Crippen LogP) is 6.03. The number of hydrogen-bond donors (Lipinski definition) is 1. The van der Waals surface area contributed by atoms with Crippen LogP contribution in [0.15, 0.2) is 57.5 Å². The summed E-state index contributed by atoms with van der Waals surface area (Å²) in [5, 5.41) is 6.73. The minimum atomic E-state index is -0.551. The van der Waals surface area contributed by atoms with Gasteiger partial charge in [-0.1, -0.05) is 45.4 Å². The number of nitrogens with one attached hydrogen (secondary N) is 1. The van der Waals surface area contributed by atoms with E-state index in [0.717, 1.165) is 21.2 Å². The molecule has 3 aromatic rings. The summed E-state index contributed by atoms with van der Waals surface area (Å²) in [5.41, 5.74) is 3.95. The second-order valence-electron chi connectivity index (χ2n) is 6.01. The van der Waals surface area contributed by atoms with Crippen molar-refractivity contribution in [3.8, 4) is 11.3 Å². The second-order valence-corrected chi connectivity index (χ2v) is 6.92. The Morgan fingerprint density at radius 2 is 1.85 bits per heavy atom. The van der Waals surface area contributed by atoms with E-state index in [9.17, 15) is 4.79 Å². The average Bonchev–Trinajstić information content (AvgIpc) is 2.96. The molecule has 1 atom stereocenters. The first kappa shape index (κ1) is 18.2. The molecule has 0 saturated heterocycles. The van der Waals surface area contributed by atoms with Crippen LogP contribution < -0.4 is 5.32 Å². The topological polar surface area (TPSA) is 64.4 Å². The molecule has 0 radical (unpaired) electrons. The lowest BCUT2D eigenvalue weighted by molar-refractivity contribution is 0.121. The maximum Gasteiger partial charge on any atom is 0.412 e. The molecule has 0 bridgehead atoms. The first-order valence-electron chi connectivity index (χ1n) is 8.21. The van der Waals surface area contributed by atoms with E-state index in [1.54, 1.807) is 6.92 Å². The molecule has 0 saturated carbocycles. The van der Waals surface area contributed by atoms with Crippen LogP contribution in [0.3, 0.4) is 0 Å². The number of carbonyl (C=O) groups excluding carboxylic acids is 1. The number of amides is 1. The van der Waals surface area contributed by atoms with Gasteiger partial charge in [-0.05, 0) is 56.2 Å². The zero-order valence-corrected chi connectivity index (χ0v) is 16.3. The number of rotatable bonds is 4. The largest absolute Gasteiger partial charge is 0.441 e. The fourth-order valence-corrected chi connectivity index (χ4v) is 2.98. The van der Waals surface area contributed by atoms with E-state index < -0.39 is 6.09 Å². The molecule has 5 nitrogen and oxygen atoms in total. The van der Waals surface area contributed by atoms with E-state index in [1.807, 2.05) is 62.4 Å². The van der Waals surface area contributed by atoms with Gasteiger partial charge in [-0.3, -0.25) is 5.32 Å². The summed E-state index contributed by atoms with van der Waals surface area (Å²) in [6, 6.07) is 15.4. The summed E-state index contributed by atoms with van der Waals surface area (Å²) >= 11 is 3.40. The van der Waals surface area contributed by atoms with Gasteiger partial charge in [-0.2, -0.15) is 0 Å². The fourth-order valence-electron chi connectivity index (χ4n) is 2.71. The Labute approximate surface area is 160 Å². The molecular formula is C20H19BrN2O3. The molecule has 0 fully saturated rings. The van der Waals surface area contributed by atoms with E-state index in [0.29, 0.717) is 17.1 Å². The van der Waals surface area contributed by atoms with Crippen molar-refractivity contribution in [2.75, 3.05) is 5.32 Å². The Kier molecular flexibility index (Phi) is 5.42. The summed E-state index contributed by atoms with van der Waals surface area (Å²) in [5.74, 6) is 0.496. The van der Waals surface area contributed by atoms with Crippen molar-refractivity contribution in [3.05, 3.63) is 69.8 Å².